The number of aliphatic hydroxyl groups excluding tert-OH is 1. The van der Waals surface area contributed by atoms with Crippen molar-refractivity contribution in [1.29, 1.82) is 0 Å². The number of likely N-dealkylation sites (tertiary alicyclic amines) is 1. The lowest BCUT2D eigenvalue weighted by molar-refractivity contribution is 0.0428. The Bertz CT molecular complexity index is 834. The van der Waals surface area contributed by atoms with Crippen molar-refractivity contribution in [3.63, 3.8) is 0 Å². The molecule has 1 heterocycles. The fourth-order valence-electron chi connectivity index (χ4n) is 3.41. The van der Waals surface area contributed by atoms with Crippen LogP contribution in [-0.4, -0.2) is 52.0 Å². The first-order valence-electron chi connectivity index (χ1n) is 7.94. The summed E-state index contributed by atoms with van der Waals surface area (Å²) in [6.07, 6.45) is -1.03. The number of fused-ring (bicyclic) bond motifs is 1. The van der Waals surface area contributed by atoms with Gasteiger partial charge in [0.15, 0.2) is 0 Å². The van der Waals surface area contributed by atoms with Gasteiger partial charge >= 0.3 is 12.1 Å². The van der Waals surface area contributed by atoms with Crippen LogP contribution in [0.2, 0.25) is 0 Å². The number of carbonyl (C=O) groups is 2. The highest BCUT2D eigenvalue weighted by molar-refractivity contribution is 6.06. The molecule has 7 nitrogen and oxygen atoms in total. The van der Waals surface area contributed by atoms with Gasteiger partial charge in [-0.25, -0.2) is 9.59 Å². The maximum atomic E-state index is 12.0. The molecule has 2 aromatic carbocycles. The highest BCUT2D eigenvalue weighted by atomic mass is 16.5. The molecule has 25 heavy (non-hydrogen) atoms. The zero-order valence-corrected chi connectivity index (χ0v) is 13.7. The lowest BCUT2D eigenvalue weighted by Gasteiger charge is -2.36. The average Bonchev–Trinajstić information content (AvgIpc) is 2.59. The normalized spacial score (nSPS) is 20.5. The van der Waals surface area contributed by atoms with Crippen molar-refractivity contribution in [2.75, 3.05) is 13.7 Å². The molecule has 0 spiro atoms. The first kappa shape index (κ1) is 17.0. The van der Waals surface area contributed by atoms with Crippen LogP contribution in [0.25, 0.3) is 10.8 Å². The van der Waals surface area contributed by atoms with E-state index in [9.17, 15) is 24.9 Å². The van der Waals surface area contributed by atoms with Gasteiger partial charge in [0.2, 0.25) is 0 Å². The number of aliphatic hydroxyl groups is 1. The molecule has 132 valence electrons. The lowest BCUT2D eigenvalue weighted by Crippen LogP contribution is -2.41. The van der Waals surface area contributed by atoms with Crippen molar-refractivity contribution in [1.82, 2.24) is 4.90 Å². The van der Waals surface area contributed by atoms with E-state index in [1.165, 1.54) is 24.1 Å². The molecule has 0 aromatic heterocycles. The van der Waals surface area contributed by atoms with E-state index in [1.807, 2.05) is 0 Å². The highest BCUT2D eigenvalue weighted by Gasteiger charge is 2.33. The first-order valence-corrected chi connectivity index (χ1v) is 7.94. The van der Waals surface area contributed by atoms with Crippen molar-refractivity contribution < 1.29 is 29.6 Å². The number of nitrogens with zero attached hydrogens (tertiary/aromatic N) is 1. The van der Waals surface area contributed by atoms with Crippen molar-refractivity contribution >= 4 is 22.8 Å². The lowest BCUT2D eigenvalue weighted by atomic mass is 9.88. The van der Waals surface area contributed by atoms with E-state index in [0.717, 1.165) is 0 Å². The van der Waals surface area contributed by atoms with Crippen molar-refractivity contribution in [2.24, 2.45) is 0 Å². The van der Waals surface area contributed by atoms with Gasteiger partial charge in [0.25, 0.3) is 0 Å². The summed E-state index contributed by atoms with van der Waals surface area (Å²) in [6.45, 7) is 0.222. The number of piperidine rings is 1. The fourth-order valence-corrected chi connectivity index (χ4v) is 3.41. The van der Waals surface area contributed by atoms with Gasteiger partial charge in [0.1, 0.15) is 5.75 Å². The second-order valence-corrected chi connectivity index (χ2v) is 6.09. The maximum Gasteiger partial charge on any atom is 0.407 e. The van der Waals surface area contributed by atoms with Crippen LogP contribution in [-0.2, 0) is 4.74 Å². The second kappa shape index (κ2) is 6.60. The molecule has 1 aliphatic heterocycles. The Balaban J connectivity index is 2.20. The molecule has 2 atom stereocenters. The van der Waals surface area contributed by atoms with Gasteiger partial charge in [-0.2, -0.15) is 0 Å². The van der Waals surface area contributed by atoms with Crippen LogP contribution in [0.1, 0.15) is 34.8 Å². The number of carbonyl (C=O) groups excluding carboxylic acids is 1. The third-order valence-electron chi connectivity index (χ3n) is 4.62. The molecule has 0 radical (unpaired) electrons. The smallest absolute Gasteiger partial charge is 0.407 e. The van der Waals surface area contributed by atoms with Gasteiger partial charge in [0.05, 0.1) is 24.8 Å². The Kier molecular flexibility index (Phi) is 4.50. The molecule has 2 aromatic rings. The van der Waals surface area contributed by atoms with Gasteiger partial charge in [-0.05, 0) is 53.4 Å². The standard InChI is InChI=1S/C18H19NO6/c1-25-17(22)14-5-4-13(15-8-10(20)2-3-12(14)15)16-9-11(21)6-7-19(16)18(23)24/h2-5,8,11,16,20-21H,6-7,9H2,1H3,(H,23,24). The molecule has 0 aliphatic carbocycles. The van der Waals surface area contributed by atoms with Crippen LogP contribution in [0.3, 0.4) is 0 Å². The molecule has 7 heteroatoms. The number of benzene rings is 2. The highest BCUT2D eigenvalue weighted by Crippen LogP contribution is 2.37. The number of hydrogen-bond acceptors (Lipinski definition) is 5. The number of carboxylic acid groups (broad SMARTS) is 1. The van der Waals surface area contributed by atoms with E-state index in [0.29, 0.717) is 28.3 Å². The number of methoxy groups -OCH3 is 1. The number of ether oxygens (including phenoxy) is 1. The maximum absolute atomic E-state index is 12.0. The van der Waals surface area contributed by atoms with E-state index in [2.05, 4.69) is 0 Å². The first-order chi connectivity index (χ1) is 11.9. The van der Waals surface area contributed by atoms with Gasteiger partial charge in [-0.15, -0.1) is 0 Å². The summed E-state index contributed by atoms with van der Waals surface area (Å²) in [4.78, 5) is 24.9. The monoisotopic (exact) mass is 345 g/mol. The Morgan fingerprint density at radius 1 is 1.20 bits per heavy atom. The quantitative estimate of drug-likeness (QED) is 0.722. The van der Waals surface area contributed by atoms with Crippen LogP contribution in [0, 0.1) is 0 Å². The number of phenolic OH excluding ortho intramolecular Hbond substituents is 1. The Hall–Kier alpha value is -2.80. The molecule has 3 N–H and O–H groups in total. The van der Waals surface area contributed by atoms with E-state index >= 15 is 0 Å². The Morgan fingerprint density at radius 2 is 1.96 bits per heavy atom. The SMILES string of the molecule is COC(=O)c1ccc(C2CC(O)CCN2C(=O)O)c2cc(O)ccc12. The summed E-state index contributed by atoms with van der Waals surface area (Å²) in [6, 6.07) is 7.25. The summed E-state index contributed by atoms with van der Waals surface area (Å²) in [5.41, 5.74) is 0.971. The minimum Gasteiger partial charge on any atom is -0.508 e. The van der Waals surface area contributed by atoms with Gasteiger partial charge in [-0.1, -0.05) is 6.07 Å². The minimum atomic E-state index is -1.07. The van der Waals surface area contributed by atoms with Gasteiger partial charge < -0.3 is 25.0 Å². The van der Waals surface area contributed by atoms with E-state index in [-0.39, 0.29) is 18.7 Å². The van der Waals surface area contributed by atoms with E-state index in [4.69, 9.17) is 4.74 Å². The number of phenols is 1. The summed E-state index contributed by atoms with van der Waals surface area (Å²) in [7, 11) is 1.28. The van der Waals surface area contributed by atoms with Crippen LogP contribution < -0.4 is 0 Å². The number of aromatic hydroxyl groups is 1. The number of esters is 1. The van der Waals surface area contributed by atoms with E-state index < -0.39 is 24.2 Å². The summed E-state index contributed by atoms with van der Waals surface area (Å²) in [5, 5.41) is 30.5. The molecule has 1 amide bonds. The summed E-state index contributed by atoms with van der Waals surface area (Å²) < 4.78 is 4.79. The minimum absolute atomic E-state index is 0.00833. The van der Waals surface area contributed by atoms with Crippen LogP contribution in [0.15, 0.2) is 30.3 Å². The Morgan fingerprint density at radius 3 is 2.64 bits per heavy atom. The predicted molar refractivity (Wildman–Crippen MR) is 89.7 cm³/mol. The summed E-state index contributed by atoms with van der Waals surface area (Å²) >= 11 is 0. The largest absolute Gasteiger partial charge is 0.508 e. The molecular formula is C18H19NO6. The average molecular weight is 345 g/mol. The number of rotatable bonds is 2. The molecule has 0 saturated carbocycles. The molecule has 3 rings (SSSR count). The molecule has 1 aliphatic rings. The molecular weight excluding hydrogens is 326 g/mol. The predicted octanol–water partition coefficient (Wildman–Crippen LogP) is 2.51. The van der Waals surface area contributed by atoms with Crippen molar-refractivity contribution in [3.05, 3.63) is 41.5 Å². The molecule has 2 unspecified atom stereocenters. The summed E-state index contributed by atoms with van der Waals surface area (Å²) in [5.74, 6) is -0.505. The topological polar surface area (TPSA) is 107 Å². The van der Waals surface area contributed by atoms with Gasteiger partial charge in [0, 0.05) is 6.54 Å². The number of hydrogen-bond donors (Lipinski definition) is 3. The van der Waals surface area contributed by atoms with Crippen molar-refractivity contribution in [2.45, 2.75) is 25.0 Å². The molecule has 1 saturated heterocycles. The van der Waals surface area contributed by atoms with Crippen LogP contribution in [0.5, 0.6) is 5.75 Å². The van der Waals surface area contributed by atoms with Crippen LogP contribution >= 0.6 is 0 Å². The zero-order chi connectivity index (χ0) is 18.1. The Labute approximate surface area is 144 Å². The fraction of sp³-hybridized carbons (Fsp3) is 0.333. The third kappa shape index (κ3) is 3.10. The zero-order valence-electron chi connectivity index (χ0n) is 13.7. The molecule has 1 fully saturated rings. The molecule has 0 bridgehead atoms. The number of amides is 1. The van der Waals surface area contributed by atoms with E-state index in [1.54, 1.807) is 18.2 Å². The third-order valence-corrected chi connectivity index (χ3v) is 4.62. The second-order valence-electron chi connectivity index (χ2n) is 6.09. The van der Waals surface area contributed by atoms with Crippen LogP contribution in [0.4, 0.5) is 4.79 Å². The van der Waals surface area contributed by atoms with Crippen molar-refractivity contribution in [3.8, 4) is 5.75 Å². The van der Waals surface area contributed by atoms with Gasteiger partial charge in [-0.3, -0.25) is 0 Å².